The number of nitrogens with one attached hydrogen (secondary N) is 1. The summed E-state index contributed by atoms with van der Waals surface area (Å²) in [5.74, 6) is 0.527. The van der Waals surface area contributed by atoms with Crippen molar-refractivity contribution in [1.29, 1.82) is 0 Å². The molecule has 1 saturated carbocycles. The number of aliphatic hydroxyl groups excluding tert-OH is 1. The summed E-state index contributed by atoms with van der Waals surface area (Å²) in [5, 5.41) is 12.2. The molecular formula is C13H16BrNO3. The number of carbonyl (C=O) groups excluding carboxylic acids is 1. The summed E-state index contributed by atoms with van der Waals surface area (Å²) in [4.78, 5) is 12.1. The van der Waals surface area contributed by atoms with Crippen LogP contribution in [0.4, 0.5) is 0 Å². The summed E-state index contributed by atoms with van der Waals surface area (Å²) in [5.41, 5.74) is 0.145. The lowest BCUT2D eigenvalue weighted by Gasteiger charge is -2.40. The largest absolute Gasteiger partial charge is 0.496 e. The van der Waals surface area contributed by atoms with Crippen molar-refractivity contribution in [1.82, 2.24) is 5.32 Å². The summed E-state index contributed by atoms with van der Waals surface area (Å²) in [6, 6.07) is 5.17. The summed E-state index contributed by atoms with van der Waals surface area (Å²) in [7, 11) is 1.58. The zero-order valence-electron chi connectivity index (χ0n) is 10.2. The minimum atomic E-state index is -0.413. The Balaban J connectivity index is 2.11. The molecular weight excluding hydrogens is 298 g/mol. The molecule has 1 aliphatic rings. The lowest BCUT2D eigenvalue weighted by atomic mass is 9.77. The van der Waals surface area contributed by atoms with Crippen LogP contribution in [0.1, 0.15) is 29.6 Å². The molecule has 0 aromatic heterocycles. The first kappa shape index (κ1) is 13.4. The Morgan fingerprint density at radius 1 is 1.56 bits per heavy atom. The van der Waals surface area contributed by atoms with Crippen molar-refractivity contribution in [3.05, 3.63) is 28.2 Å². The van der Waals surface area contributed by atoms with E-state index in [0.29, 0.717) is 11.3 Å². The highest BCUT2D eigenvalue weighted by Gasteiger charge is 2.37. The molecule has 0 aliphatic heterocycles. The molecule has 5 heteroatoms. The lowest BCUT2D eigenvalue weighted by molar-refractivity contribution is 0.0641. The molecule has 98 valence electrons. The average molecular weight is 314 g/mol. The van der Waals surface area contributed by atoms with E-state index < -0.39 is 5.54 Å². The van der Waals surface area contributed by atoms with E-state index in [1.54, 1.807) is 25.3 Å². The zero-order chi connectivity index (χ0) is 13.2. The van der Waals surface area contributed by atoms with E-state index in [4.69, 9.17) is 4.74 Å². The van der Waals surface area contributed by atoms with Gasteiger partial charge in [-0.3, -0.25) is 4.79 Å². The normalized spacial score (nSPS) is 16.8. The smallest absolute Gasteiger partial charge is 0.251 e. The van der Waals surface area contributed by atoms with Crippen LogP contribution in [-0.2, 0) is 0 Å². The summed E-state index contributed by atoms with van der Waals surface area (Å²) < 4.78 is 5.86. The average Bonchev–Trinajstić information content (AvgIpc) is 2.33. The molecule has 1 fully saturated rings. The van der Waals surface area contributed by atoms with Crippen molar-refractivity contribution in [3.8, 4) is 5.75 Å². The van der Waals surface area contributed by atoms with Gasteiger partial charge in [0.25, 0.3) is 5.91 Å². The SMILES string of the molecule is COc1ccc(C(=O)NC2(CO)CCC2)cc1Br. The molecule has 0 heterocycles. The predicted octanol–water partition coefficient (Wildman–Crippen LogP) is 2.10. The van der Waals surface area contributed by atoms with Crippen LogP contribution in [0.25, 0.3) is 0 Å². The van der Waals surface area contributed by atoms with Crippen LogP contribution in [0.3, 0.4) is 0 Å². The van der Waals surface area contributed by atoms with E-state index in [9.17, 15) is 9.90 Å². The first-order valence-electron chi connectivity index (χ1n) is 5.87. The number of methoxy groups -OCH3 is 1. The molecule has 1 aliphatic carbocycles. The Labute approximate surface area is 114 Å². The van der Waals surface area contributed by atoms with Crippen LogP contribution in [0.2, 0.25) is 0 Å². The third-order valence-electron chi connectivity index (χ3n) is 3.41. The van der Waals surface area contributed by atoms with E-state index in [1.807, 2.05) is 0 Å². The molecule has 0 radical (unpaired) electrons. The second kappa shape index (κ2) is 5.28. The van der Waals surface area contributed by atoms with Gasteiger partial charge >= 0.3 is 0 Å². The summed E-state index contributed by atoms with van der Waals surface area (Å²) in [6.45, 7) is -0.00390. The number of carbonyl (C=O) groups is 1. The van der Waals surface area contributed by atoms with Gasteiger partial charge in [0.15, 0.2) is 0 Å². The lowest BCUT2D eigenvalue weighted by Crippen LogP contribution is -2.56. The van der Waals surface area contributed by atoms with Gasteiger partial charge in [-0.1, -0.05) is 0 Å². The maximum absolute atomic E-state index is 12.1. The van der Waals surface area contributed by atoms with Gasteiger partial charge in [-0.2, -0.15) is 0 Å². The fourth-order valence-electron chi connectivity index (χ4n) is 2.05. The summed E-state index contributed by atoms with van der Waals surface area (Å²) in [6.07, 6.45) is 2.73. The van der Waals surface area contributed by atoms with Crippen LogP contribution < -0.4 is 10.1 Å². The van der Waals surface area contributed by atoms with Crippen LogP contribution in [0.5, 0.6) is 5.75 Å². The fraction of sp³-hybridized carbons (Fsp3) is 0.462. The molecule has 0 bridgehead atoms. The van der Waals surface area contributed by atoms with Gasteiger partial charge in [0, 0.05) is 5.56 Å². The number of hydrogen-bond donors (Lipinski definition) is 2. The van der Waals surface area contributed by atoms with E-state index in [1.165, 1.54) is 0 Å². The number of amides is 1. The quantitative estimate of drug-likeness (QED) is 0.895. The van der Waals surface area contributed by atoms with Crippen LogP contribution >= 0.6 is 15.9 Å². The minimum Gasteiger partial charge on any atom is -0.496 e. The fourth-order valence-corrected chi connectivity index (χ4v) is 2.59. The van der Waals surface area contributed by atoms with Gasteiger partial charge in [-0.05, 0) is 53.4 Å². The van der Waals surface area contributed by atoms with E-state index in [0.717, 1.165) is 23.7 Å². The predicted molar refractivity (Wildman–Crippen MR) is 71.8 cm³/mol. The highest BCUT2D eigenvalue weighted by atomic mass is 79.9. The highest BCUT2D eigenvalue weighted by Crippen LogP contribution is 2.32. The third kappa shape index (κ3) is 2.52. The Bertz CT molecular complexity index is 452. The number of ether oxygens (including phenoxy) is 1. The number of rotatable bonds is 4. The molecule has 0 saturated heterocycles. The molecule has 1 aromatic carbocycles. The maximum Gasteiger partial charge on any atom is 0.251 e. The molecule has 2 rings (SSSR count). The van der Waals surface area contributed by atoms with E-state index in [-0.39, 0.29) is 12.5 Å². The monoisotopic (exact) mass is 313 g/mol. The molecule has 2 N–H and O–H groups in total. The van der Waals surface area contributed by atoms with E-state index in [2.05, 4.69) is 21.2 Å². The van der Waals surface area contributed by atoms with Crippen molar-refractivity contribution in [2.45, 2.75) is 24.8 Å². The van der Waals surface area contributed by atoms with Gasteiger partial charge in [0.05, 0.1) is 23.7 Å². The van der Waals surface area contributed by atoms with Crippen LogP contribution in [0.15, 0.2) is 22.7 Å². The minimum absolute atomic E-state index is 0.00390. The second-order valence-electron chi connectivity index (χ2n) is 4.60. The number of benzene rings is 1. The van der Waals surface area contributed by atoms with Crippen molar-refractivity contribution in [2.75, 3.05) is 13.7 Å². The van der Waals surface area contributed by atoms with Crippen LogP contribution in [0, 0.1) is 0 Å². The highest BCUT2D eigenvalue weighted by molar-refractivity contribution is 9.10. The van der Waals surface area contributed by atoms with Crippen molar-refractivity contribution < 1.29 is 14.6 Å². The number of hydrogen-bond acceptors (Lipinski definition) is 3. The van der Waals surface area contributed by atoms with Gasteiger partial charge < -0.3 is 15.2 Å². The first-order chi connectivity index (χ1) is 8.60. The Hall–Kier alpha value is -1.07. The number of halogens is 1. The van der Waals surface area contributed by atoms with Gasteiger partial charge in [0.1, 0.15) is 5.75 Å². The zero-order valence-corrected chi connectivity index (χ0v) is 11.8. The molecule has 0 atom stereocenters. The molecule has 18 heavy (non-hydrogen) atoms. The molecule has 4 nitrogen and oxygen atoms in total. The third-order valence-corrected chi connectivity index (χ3v) is 4.03. The van der Waals surface area contributed by atoms with Gasteiger partial charge in [0.2, 0.25) is 0 Å². The van der Waals surface area contributed by atoms with Crippen molar-refractivity contribution >= 4 is 21.8 Å². The molecule has 0 unspecified atom stereocenters. The topological polar surface area (TPSA) is 58.6 Å². The standard InChI is InChI=1S/C13H16BrNO3/c1-18-11-4-3-9(7-10(11)14)12(17)15-13(8-16)5-2-6-13/h3-4,7,16H,2,5-6,8H2,1H3,(H,15,17). The van der Waals surface area contributed by atoms with Crippen molar-refractivity contribution in [2.24, 2.45) is 0 Å². The van der Waals surface area contributed by atoms with Gasteiger partial charge in [-0.15, -0.1) is 0 Å². The number of aliphatic hydroxyl groups is 1. The molecule has 1 amide bonds. The van der Waals surface area contributed by atoms with E-state index >= 15 is 0 Å². The Morgan fingerprint density at radius 2 is 2.28 bits per heavy atom. The molecule has 1 aromatic rings. The molecule has 0 spiro atoms. The summed E-state index contributed by atoms with van der Waals surface area (Å²) >= 11 is 3.35. The van der Waals surface area contributed by atoms with Crippen LogP contribution in [-0.4, -0.2) is 30.3 Å². The first-order valence-corrected chi connectivity index (χ1v) is 6.66. The van der Waals surface area contributed by atoms with Crippen molar-refractivity contribution in [3.63, 3.8) is 0 Å². The Morgan fingerprint density at radius 3 is 2.72 bits per heavy atom. The maximum atomic E-state index is 12.1. The Kier molecular flexibility index (Phi) is 3.92. The van der Waals surface area contributed by atoms with Gasteiger partial charge in [-0.25, -0.2) is 0 Å². The second-order valence-corrected chi connectivity index (χ2v) is 5.45.